The second kappa shape index (κ2) is 8.09. The van der Waals surface area contributed by atoms with Crippen LogP contribution in [0.15, 0.2) is 42.5 Å². The number of hydrogen-bond acceptors (Lipinski definition) is 4. The maximum absolute atomic E-state index is 12.9. The lowest BCUT2D eigenvalue weighted by atomic mass is 9.97. The van der Waals surface area contributed by atoms with Gasteiger partial charge in [0.15, 0.2) is 0 Å². The number of methoxy groups -OCH3 is 1. The van der Waals surface area contributed by atoms with Gasteiger partial charge < -0.3 is 10.1 Å². The molecular formula is C19H22FN3O2. The molecule has 0 saturated carbocycles. The number of hydrogen-bond donors (Lipinski definition) is 3. The molecule has 2 aromatic carbocycles. The number of benzene rings is 2. The molecule has 1 saturated heterocycles. The Bertz CT molecular complexity index is 728. The van der Waals surface area contributed by atoms with Crippen molar-refractivity contribution in [2.45, 2.75) is 12.3 Å². The predicted octanol–water partition coefficient (Wildman–Crippen LogP) is 2.00. The van der Waals surface area contributed by atoms with Crippen LogP contribution in [0.3, 0.4) is 0 Å². The average Bonchev–Trinajstić information content (AvgIpc) is 3.17. The van der Waals surface area contributed by atoms with Crippen LogP contribution in [0.4, 0.5) is 4.39 Å². The summed E-state index contributed by atoms with van der Waals surface area (Å²) < 4.78 is 18.3. The van der Waals surface area contributed by atoms with E-state index in [9.17, 15) is 9.18 Å². The Balaban J connectivity index is 1.60. The number of carbonyl (C=O) groups is 1. The average molecular weight is 343 g/mol. The summed E-state index contributed by atoms with van der Waals surface area (Å²) in [6, 6.07) is 11.9. The van der Waals surface area contributed by atoms with E-state index in [1.54, 1.807) is 25.3 Å². The van der Waals surface area contributed by atoms with Crippen LogP contribution >= 0.6 is 0 Å². The molecule has 6 heteroatoms. The van der Waals surface area contributed by atoms with E-state index in [0.717, 1.165) is 30.0 Å². The summed E-state index contributed by atoms with van der Waals surface area (Å²) in [5.74, 6) is 0.648. The molecule has 0 bridgehead atoms. The van der Waals surface area contributed by atoms with Crippen molar-refractivity contribution in [1.82, 2.24) is 16.2 Å². The fraction of sp³-hybridized carbons (Fsp3) is 0.316. The van der Waals surface area contributed by atoms with Crippen molar-refractivity contribution in [2.24, 2.45) is 0 Å². The summed E-state index contributed by atoms with van der Waals surface area (Å²) in [5.41, 5.74) is 8.83. The molecule has 1 heterocycles. The topological polar surface area (TPSA) is 62.4 Å². The first-order valence-electron chi connectivity index (χ1n) is 8.33. The molecule has 25 heavy (non-hydrogen) atoms. The van der Waals surface area contributed by atoms with Gasteiger partial charge in [-0.25, -0.2) is 4.39 Å². The van der Waals surface area contributed by atoms with Crippen LogP contribution in [0.1, 0.15) is 27.4 Å². The summed E-state index contributed by atoms with van der Waals surface area (Å²) in [6.07, 6.45) is 0.653. The zero-order valence-electron chi connectivity index (χ0n) is 14.1. The molecule has 1 aliphatic heterocycles. The number of hydrazine groups is 1. The van der Waals surface area contributed by atoms with Crippen LogP contribution in [-0.4, -0.2) is 32.7 Å². The van der Waals surface area contributed by atoms with Crippen LogP contribution in [0.5, 0.6) is 5.75 Å². The fourth-order valence-electron chi connectivity index (χ4n) is 2.95. The SMILES string of the molecule is COc1cc(C(=O)NCCc2ccc(F)cc2)ccc1C1CNNC1. The van der Waals surface area contributed by atoms with Gasteiger partial charge in [-0.2, -0.15) is 0 Å². The van der Waals surface area contributed by atoms with Gasteiger partial charge >= 0.3 is 0 Å². The third kappa shape index (κ3) is 4.35. The van der Waals surface area contributed by atoms with E-state index < -0.39 is 0 Å². The van der Waals surface area contributed by atoms with E-state index in [0.29, 0.717) is 24.4 Å². The number of halogens is 1. The first kappa shape index (κ1) is 17.4. The third-order valence-corrected chi connectivity index (χ3v) is 4.37. The zero-order valence-corrected chi connectivity index (χ0v) is 14.1. The molecule has 0 radical (unpaired) electrons. The van der Waals surface area contributed by atoms with E-state index in [2.05, 4.69) is 16.2 Å². The smallest absolute Gasteiger partial charge is 0.251 e. The Morgan fingerprint density at radius 1 is 1.20 bits per heavy atom. The zero-order chi connectivity index (χ0) is 17.6. The molecule has 1 aliphatic rings. The number of carbonyl (C=O) groups excluding carboxylic acids is 1. The molecule has 0 aliphatic carbocycles. The summed E-state index contributed by atoms with van der Waals surface area (Å²) in [5, 5.41) is 2.89. The number of amides is 1. The number of rotatable bonds is 6. The van der Waals surface area contributed by atoms with E-state index in [1.807, 2.05) is 12.1 Å². The molecule has 2 aromatic rings. The third-order valence-electron chi connectivity index (χ3n) is 4.37. The summed E-state index contributed by atoms with van der Waals surface area (Å²) >= 11 is 0. The molecule has 1 fully saturated rings. The van der Waals surface area contributed by atoms with Crippen molar-refractivity contribution in [3.8, 4) is 5.75 Å². The second-order valence-electron chi connectivity index (χ2n) is 6.05. The standard InChI is InChI=1S/C19H22FN3O2/c1-25-18-10-14(4-7-17(18)15-11-22-23-12-15)19(24)21-9-8-13-2-5-16(20)6-3-13/h2-7,10,15,22-23H,8-9,11-12H2,1H3,(H,21,24). The highest BCUT2D eigenvalue weighted by Gasteiger charge is 2.21. The van der Waals surface area contributed by atoms with Gasteiger partial charge in [0.05, 0.1) is 7.11 Å². The highest BCUT2D eigenvalue weighted by Crippen LogP contribution is 2.28. The van der Waals surface area contributed by atoms with E-state index in [-0.39, 0.29) is 11.7 Å². The lowest BCUT2D eigenvalue weighted by molar-refractivity contribution is 0.0953. The van der Waals surface area contributed by atoms with Crippen LogP contribution < -0.4 is 20.9 Å². The van der Waals surface area contributed by atoms with Crippen LogP contribution in [0.25, 0.3) is 0 Å². The van der Waals surface area contributed by atoms with Gasteiger partial charge in [-0.3, -0.25) is 15.6 Å². The first-order valence-corrected chi connectivity index (χ1v) is 8.33. The van der Waals surface area contributed by atoms with Gasteiger partial charge in [-0.15, -0.1) is 0 Å². The monoisotopic (exact) mass is 343 g/mol. The maximum atomic E-state index is 12.9. The van der Waals surface area contributed by atoms with Crippen molar-refractivity contribution in [1.29, 1.82) is 0 Å². The highest BCUT2D eigenvalue weighted by atomic mass is 19.1. The molecule has 132 valence electrons. The number of nitrogens with one attached hydrogen (secondary N) is 3. The minimum absolute atomic E-state index is 0.144. The molecule has 5 nitrogen and oxygen atoms in total. The van der Waals surface area contributed by atoms with Crippen LogP contribution in [0, 0.1) is 5.82 Å². The van der Waals surface area contributed by atoms with Gasteiger partial charge in [-0.1, -0.05) is 18.2 Å². The highest BCUT2D eigenvalue weighted by molar-refractivity contribution is 5.94. The lowest BCUT2D eigenvalue weighted by Crippen LogP contribution is -2.25. The normalized spacial score (nSPS) is 14.5. The lowest BCUT2D eigenvalue weighted by Gasteiger charge is -2.14. The quantitative estimate of drug-likeness (QED) is 0.751. The molecule has 3 N–H and O–H groups in total. The minimum Gasteiger partial charge on any atom is -0.496 e. The molecule has 0 aromatic heterocycles. The van der Waals surface area contributed by atoms with Gasteiger partial charge in [-0.05, 0) is 41.8 Å². The van der Waals surface area contributed by atoms with Crippen molar-refractivity contribution >= 4 is 5.91 Å². The number of ether oxygens (including phenoxy) is 1. The van der Waals surface area contributed by atoms with Crippen molar-refractivity contribution in [2.75, 3.05) is 26.7 Å². The summed E-state index contributed by atoms with van der Waals surface area (Å²) in [4.78, 5) is 12.3. The largest absolute Gasteiger partial charge is 0.496 e. The van der Waals surface area contributed by atoms with Gasteiger partial charge in [0, 0.05) is 31.1 Å². The maximum Gasteiger partial charge on any atom is 0.251 e. The Labute approximate surface area is 146 Å². The van der Waals surface area contributed by atoms with Gasteiger partial charge in [0.25, 0.3) is 5.91 Å². The first-order chi connectivity index (χ1) is 12.2. The molecule has 1 amide bonds. The van der Waals surface area contributed by atoms with E-state index in [1.165, 1.54) is 12.1 Å². The Hall–Kier alpha value is -2.44. The molecular weight excluding hydrogens is 321 g/mol. The van der Waals surface area contributed by atoms with Crippen molar-refractivity contribution in [3.63, 3.8) is 0 Å². The van der Waals surface area contributed by atoms with Crippen LogP contribution in [0.2, 0.25) is 0 Å². The molecule has 0 unspecified atom stereocenters. The second-order valence-corrected chi connectivity index (χ2v) is 6.05. The Kier molecular flexibility index (Phi) is 5.63. The summed E-state index contributed by atoms with van der Waals surface area (Å²) in [6.45, 7) is 2.16. The minimum atomic E-state index is -0.257. The fourth-order valence-corrected chi connectivity index (χ4v) is 2.95. The van der Waals surface area contributed by atoms with Crippen molar-refractivity contribution < 1.29 is 13.9 Å². The molecule has 3 rings (SSSR count). The molecule has 0 atom stereocenters. The van der Waals surface area contributed by atoms with E-state index in [4.69, 9.17) is 4.74 Å². The Morgan fingerprint density at radius 2 is 1.92 bits per heavy atom. The van der Waals surface area contributed by atoms with E-state index >= 15 is 0 Å². The predicted molar refractivity (Wildman–Crippen MR) is 94.2 cm³/mol. The van der Waals surface area contributed by atoms with Gasteiger partial charge in [0.1, 0.15) is 11.6 Å². The van der Waals surface area contributed by atoms with Crippen molar-refractivity contribution in [3.05, 3.63) is 65.0 Å². The van der Waals surface area contributed by atoms with Crippen LogP contribution in [-0.2, 0) is 6.42 Å². The Morgan fingerprint density at radius 3 is 2.60 bits per heavy atom. The molecule has 0 spiro atoms. The summed E-state index contributed by atoms with van der Waals surface area (Å²) in [7, 11) is 1.62. The van der Waals surface area contributed by atoms with Gasteiger partial charge in [0.2, 0.25) is 0 Å².